The predicted octanol–water partition coefficient (Wildman–Crippen LogP) is 4.90. The molecule has 2 heterocycles. The minimum Gasteiger partial charge on any atom is -0.331 e. The SMILES string of the molecule is Cc1cccc2sc(Nc3ccc4ncccc4c3)nc12. The van der Waals surface area contributed by atoms with E-state index in [4.69, 9.17) is 0 Å². The number of rotatable bonds is 2. The van der Waals surface area contributed by atoms with Crippen LogP contribution in [0.15, 0.2) is 54.7 Å². The second-order valence-corrected chi connectivity index (χ2v) is 6.01. The molecule has 0 saturated carbocycles. The predicted molar refractivity (Wildman–Crippen MR) is 89.4 cm³/mol. The van der Waals surface area contributed by atoms with Crippen molar-refractivity contribution in [3.8, 4) is 0 Å². The molecule has 0 amide bonds. The van der Waals surface area contributed by atoms with Gasteiger partial charge in [0.1, 0.15) is 0 Å². The van der Waals surface area contributed by atoms with Gasteiger partial charge in [0.2, 0.25) is 0 Å². The third-order valence-corrected chi connectivity index (χ3v) is 4.41. The summed E-state index contributed by atoms with van der Waals surface area (Å²) in [7, 11) is 0. The van der Waals surface area contributed by atoms with Crippen LogP contribution in [0.5, 0.6) is 0 Å². The Morgan fingerprint density at radius 1 is 1.05 bits per heavy atom. The zero-order valence-electron chi connectivity index (χ0n) is 11.5. The third-order valence-electron chi connectivity index (χ3n) is 3.47. The minimum absolute atomic E-state index is 0.919. The van der Waals surface area contributed by atoms with Gasteiger partial charge in [-0.25, -0.2) is 4.98 Å². The number of hydrogen-bond acceptors (Lipinski definition) is 4. The van der Waals surface area contributed by atoms with Gasteiger partial charge in [-0.3, -0.25) is 4.98 Å². The van der Waals surface area contributed by atoms with E-state index in [2.05, 4.69) is 52.5 Å². The van der Waals surface area contributed by atoms with Crippen molar-refractivity contribution in [2.75, 3.05) is 5.32 Å². The lowest BCUT2D eigenvalue weighted by atomic mass is 10.2. The fourth-order valence-electron chi connectivity index (χ4n) is 2.42. The van der Waals surface area contributed by atoms with Gasteiger partial charge in [-0.2, -0.15) is 0 Å². The number of pyridine rings is 1. The number of aromatic nitrogens is 2. The van der Waals surface area contributed by atoms with Gasteiger partial charge in [-0.15, -0.1) is 0 Å². The Hall–Kier alpha value is -2.46. The Morgan fingerprint density at radius 2 is 2.00 bits per heavy atom. The molecule has 0 unspecified atom stereocenters. The van der Waals surface area contributed by atoms with Crippen molar-refractivity contribution in [3.63, 3.8) is 0 Å². The van der Waals surface area contributed by atoms with E-state index in [1.54, 1.807) is 11.3 Å². The van der Waals surface area contributed by atoms with E-state index in [1.165, 1.54) is 10.3 Å². The van der Waals surface area contributed by atoms with Crippen molar-refractivity contribution in [2.24, 2.45) is 0 Å². The molecule has 21 heavy (non-hydrogen) atoms. The molecule has 0 aliphatic carbocycles. The number of para-hydroxylation sites is 1. The highest BCUT2D eigenvalue weighted by atomic mass is 32.1. The number of nitrogens with one attached hydrogen (secondary N) is 1. The van der Waals surface area contributed by atoms with Crippen LogP contribution in [0.3, 0.4) is 0 Å². The largest absolute Gasteiger partial charge is 0.331 e. The number of nitrogens with zero attached hydrogens (tertiary/aromatic N) is 2. The van der Waals surface area contributed by atoms with Crippen LogP contribution in [0.2, 0.25) is 0 Å². The minimum atomic E-state index is 0.919. The molecule has 0 radical (unpaired) electrons. The molecule has 102 valence electrons. The Balaban J connectivity index is 1.73. The molecule has 4 heteroatoms. The van der Waals surface area contributed by atoms with Gasteiger partial charge in [0.15, 0.2) is 5.13 Å². The molecular formula is C17H13N3S. The second-order valence-electron chi connectivity index (χ2n) is 4.98. The van der Waals surface area contributed by atoms with E-state index in [1.807, 2.05) is 24.4 Å². The average molecular weight is 291 g/mol. The monoisotopic (exact) mass is 291 g/mol. The van der Waals surface area contributed by atoms with E-state index >= 15 is 0 Å². The summed E-state index contributed by atoms with van der Waals surface area (Å²) in [6, 6.07) is 16.4. The number of fused-ring (bicyclic) bond motifs is 2. The molecule has 1 N–H and O–H groups in total. The van der Waals surface area contributed by atoms with Crippen LogP contribution in [0.4, 0.5) is 10.8 Å². The Bertz CT molecular complexity index is 943. The molecule has 0 aliphatic heterocycles. The Morgan fingerprint density at radius 3 is 2.90 bits per heavy atom. The van der Waals surface area contributed by atoms with Crippen molar-refractivity contribution in [1.82, 2.24) is 9.97 Å². The highest BCUT2D eigenvalue weighted by Crippen LogP contribution is 2.30. The number of hydrogen-bond donors (Lipinski definition) is 1. The van der Waals surface area contributed by atoms with Crippen molar-refractivity contribution in [1.29, 1.82) is 0 Å². The fraction of sp³-hybridized carbons (Fsp3) is 0.0588. The van der Waals surface area contributed by atoms with Crippen LogP contribution >= 0.6 is 11.3 Å². The number of benzene rings is 2. The van der Waals surface area contributed by atoms with E-state index in [0.717, 1.165) is 27.2 Å². The highest BCUT2D eigenvalue weighted by Gasteiger charge is 2.06. The maximum atomic E-state index is 4.68. The van der Waals surface area contributed by atoms with Crippen LogP contribution in [0.25, 0.3) is 21.1 Å². The van der Waals surface area contributed by atoms with Gasteiger partial charge in [-0.1, -0.05) is 29.5 Å². The molecule has 0 aliphatic rings. The van der Waals surface area contributed by atoms with E-state index in [0.29, 0.717) is 0 Å². The first-order valence-electron chi connectivity index (χ1n) is 6.77. The standard InChI is InChI=1S/C17H13N3S/c1-11-4-2-6-15-16(11)20-17(21-15)19-13-7-8-14-12(10-13)5-3-9-18-14/h2-10H,1H3,(H,19,20). The summed E-state index contributed by atoms with van der Waals surface area (Å²) in [6.07, 6.45) is 1.81. The van der Waals surface area contributed by atoms with Crippen LogP contribution in [-0.2, 0) is 0 Å². The summed E-state index contributed by atoms with van der Waals surface area (Å²) in [5.74, 6) is 0. The summed E-state index contributed by atoms with van der Waals surface area (Å²) < 4.78 is 1.21. The summed E-state index contributed by atoms with van der Waals surface area (Å²) in [4.78, 5) is 9.01. The van der Waals surface area contributed by atoms with E-state index < -0.39 is 0 Å². The zero-order valence-corrected chi connectivity index (χ0v) is 12.3. The van der Waals surface area contributed by atoms with Gasteiger partial charge < -0.3 is 5.32 Å². The van der Waals surface area contributed by atoms with Crippen LogP contribution in [0.1, 0.15) is 5.56 Å². The molecule has 0 spiro atoms. The molecule has 4 aromatic rings. The van der Waals surface area contributed by atoms with Crippen LogP contribution in [0, 0.1) is 6.92 Å². The quantitative estimate of drug-likeness (QED) is 0.571. The molecule has 0 fully saturated rings. The molecule has 0 atom stereocenters. The second kappa shape index (κ2) is 4.82. The van der Waals surface area contributed by atoms with Crippen molar-refractivity contribution < 1.29 is 0 Å². The number of anilines is 2. The lowest BCUT2D eigenvalue weighted by molar-refractivity contribution is 1.39. The maximum absolute atomic E-state index is 4.68. The van der Waals surface area contributed by atoms with Gasteiger partial charge in [0.05, 0.1) is 15.7 Å². The van der Waals surface area contributed by atoms with E-state index in [-0.39, 0.29) is 0 Å². The molecule has 0 bridgehead atoms. The first kappa shape index (κ1) is 12.3. The first-order valence-corrected chi connectivity index (χ1v) is 7.59. The average Bonchev–Trinajstić information content (AvgIpc) is 2.91. The lowest BCUT2D eigenvalue weighted by Crippen LogP contribution is -1.89. The third kappa shape index (κ3) is 2.23. The highest BCUT2D eigenvalue weighted by molar-refractivity contribution is 7.22. The van der Waals surface area contributed by atoms with Crippen LogP contribution in [-0.4, -0.2) is 9.97 Å². The summed E-state index contributed by atoms with van der Waals surface area (Å²) in [6.45, 7) is 2.09. The molecule has 0 saturated heterocycles. The van der Waals surface area contributed by atoms with Crippen molar-refractivity contribution >= 4 is 43.3 Å². The maximum Gasteiger partial charge on any atom is 0.188 e. The summed E-state index contributed by atoms with van der Waals surface area (Å²) in [5.41, 5.74) is 4.32. The van der Waals surface area contributed by atoms with E-state index in [9.17, 15) is 0 Å². The van der Waals surface area contributed by atoms with Crippen LogP contribution < -0.4 is 5.32 Å². The van der Waals surface area contributed by atoms with Gasteiger partial charge in [0.25, 0.3) is 0 Å². The van der Waals surface area contributed by atoms with Crippen molar-refractivity contribution in [3.05, 3.63) is 60.3 Å². The normalized spacial score (nSPS) is 11.1. The smallest absolute Gasteiger partial charge is 0.188 e. The lowest BCUT2D eigenvalue weighted by Gasteiger charge is -2.03. The molecule has 2 aromatic heterocycles. The Labute approximate surface area is 126 Å². The fourth-order valence-corrected chi connectivity index (χ4v) is 3.38. The molecule has 4 rings (SSSR count). The summed E-state index contributed by atoms with van der Waals surface area (Å²) >= 11 is 1.67. The first-order chi connectivity index (χ1) is 10.3. The topological polar surface area (TPSA) is 37.8 Å². The van der Waals surface area contributed by atoms with Gasteiger partial charge in [-0.05, 0) is 42.8 Å². The van der Waals surface area contributed by atoms with Gasteiger partial charge in [0, 0.05) is 17.3 Å². The van der Waals surface area contributed by atoms with Crippen molar-refractivity contribution in [2.45, 2.75) is 6.92 Å². The Kier molecular flexibility index (Phi) is 2.82. The molecule has 3 nitrogen and oxygen atoms in total. The molecular weight excluding hydrogens is 278 g/mol. The zero-order chi connectivity index (χ0) is 14.2. The number of thiazole rings is 1. The molecule has 2 aromatic carbocycles. The summed E-state index contributed by atoms with van der Waals surface area (Å²) in [5, 5.41) is 5.44. The van der Waals surface area contributed by atoms with Gasteiger partial charge >= 0.3 is 0 Å². The number of aryl methyl sites for hydroxylation is 1.